The number of nitrogens with zero attached hydrogens (tertiary/aromatic N) is 5. The van der Waals surface area contributed by atoms with E-state index in [1.54, 1.807) is 42.0 Å². The predicted molar refractivity (Wildman–Crippen MR) is 103 cm³/mol. The Morgan fingerprint density at radius 1 is 1.18 bits per heavy atom. The number of oxazole rings is 1. The van der Waals surface area contributed by atoms with E-state index in [2.05, 4.69) is 25.3 Å². The van der Waals surface area contributed by atoms with Crippen molar-refractivity contribution >= 4 is 34.4 Å². The third-order valence-corrected chi connectivity index (χ3v) is 4.73. The van der Waals surface area contributed by atoms with Crippen LogP contribution in [0.3, 0.4) is 0 Å². The molecule has 1 amide bonds. The number of anilines is 2. The topological polar surface area (TPSA) is 97.8 Å². The Labute approximate surface area is 159 Å². The molecule has 3 aromatic heterocycles. The number of fused-ring (bicyclic) bond motifs is 2. The van der Waals surface area contributed by atoms with Gasteiger partial charge < -0.3 is 19.4 Å². The number of nitrogens with one attached hydrogen (secondary N) is 1. The zero-order valence-electron chi connectivity index (χ0n) is 15.3. The van der Waals surface area contributed by atoms with Gasteiger partial charge in [0.25, 0.3) is 11.9 Å². The molecular formula is C19H18N6O3. The Kier molecular flexibility index (Phi) is 3.94. The fraction of sp³-hybridized carbons (Fsp3) is 0.263. The van der Waals surface area contributed by atoms with Crippen molar-refractivity contribution in [2.75, 3.05) is 36.5 Å². The van der Waals surface area contributed by atoms with Gasteiger partial charge in [0.2, 0.25) is 0 Å². The van der Waals surface area contributed by atoms with Crippen LogP contribution in [0.5, 0.6) is 0 Å². The number of amides is 1. The summed E-state index contributed by atoms with van der Waals surface area (Å²) in [4.78, 5) is 23.7. The lowest BCUT2D eigenvalue weighted by Crippen LogP contribution is -2.36. The van der Waals surface area contributed by atoms with Crippen molar-refractivity contribution in [2.24, 2.45) is 0 Å². The van der Waals surface area contributed by atoms with E-state index < -0.39 is 0 Å². The van der Waals surface area contributed by atoms with Gasteiger partial charge in [0.15, 0.2) is 11.2 Å². The number of aryl methyl sites for hydroxylation is 1. The summed E-state index contributed by atoms with van der Waals surface area (Å²) in [5.41, 5.74) is 3.80. The van der Waals surface area contributed by atoms with Gasteiger partial charge in [-0.1, -0.05) is 0 Å². The molecule has 1 N–H and O–H groups in total. The fourth-order valence-electron chi connectivity index (χ4n) is 3.24. The van der Waals surface area contributed by atoms with Crippen LogP contribution in [-0.4, -0.2) is 51.8 Å². The van der Waals surface area contributed by atoms with Gasteiger partial charge in [-0.3, -0.25) is 4.79 Å². The van der Waals surface area contributed by atoms with Crippen LogP contribution in [-0.2, 0) is 4.74 Å². The lowest BCUT2D eigenvalue weighted by molar-refractivity contribution is 0.102. The number of aromatic nitrogens is 4. The van der Waals surface area contributed by atoms with E-state index >= 15 is 0 Å². The van der Waals surface area contributed by atoms with Crippen LogP contribution in [0.2, 0.25) is 0 Å². The lowest BCUT2D eigenvalue weighted by atomic mass is 10.2. The van der Waals surface area contributed by atoms with Gasteiger partial charge in [0.1, 0.15) is 5.52 Å². The molecule has 142 valence electrons. The Balaban J connectivity index is 1.40. The number of hydrogen-bond acceptors (Lipinski definition) is 7. The van der Waals surface area contributed by atoms with E-state index in [-0.39, 0.29) is 5.91 Å². The number of hydrogen-bond donors (Lipinski definition) is 1. The number of morpholine rings is 1. The molecule has 28 heavy (non-hydrogen) atoms. The third-order valence-electron chi connectivity index (χ3n) is 4.73. The molecule has 9 nitrogen and oxygen atoms in total. The highest BCUT2D eigenvalue weighted by Gasteiger charge is 2.18. The van der Waals surface area contributed by atoms with Crippen molar-refractivity contribution in [1.29, 1.82) is 0 Å². The van der Waals surface area contributed by atoms with Crippen molar-refractivity contribution in [3.8, 4) is 0 Å². The minimum Gasteiger partial charge on any atom is -0.423 e. The molecule has 5 rings (SSSR count). The summed E-state index contributed by atoms with van der Waals surface area (Å²) in [6, 6.07) is 7.78. The normalized spacial score (nSPS) is 14.7. The third kappa shape index (κ3) is 2.95. The highest BCUT2D eigenvalue weighted by molar-refractivity contribution is 6.05. The summed E-state index contributed by atoms with van der Waals surface area (Å²) >= 11 is 0. The van der Waals surface area contributed by atoms with E-state index in [0.717, 1.165) is 18.6 Å². The molecular weight excluding hydrogens is 360 g/mol. The summed E-state index contributed by atoms with van der Waals surface area (Å²) in [6.45, 7) is 4.62. The van der Waals surface area contributed by atoms with Crippen molar-refractivity contribution in [3.63, 3.8) is 0 Å². The van der Waals surface area contributed by atoms with Crippen LogP contribution in [0.15, 0.2) is 41.1 Å². The van der Waals surface area contributed by atoms with Gasteiger partial charge >= 0.3 is 0 Å². The van der Waals surface area contributed by atoms with E-state index in [9.17, 15) is 4.79 Å². The number of carbonyl (C=O) groups is 1. The molecule has 1 aromatic carbocycles. The molecule has 0 atom stereocenters. The zero-order chi connectivity index (χ0) is 19.1. The Morgan fingerprint density at radius 3 is 2.89 bits per heavy atom. The smallest absolute Gasteiger partial charge is 0.298 e. The Morgan fingerprint density at radius 2 is 2.04 bits per heavy atom. The first-order chi connectivity index (χ1) is 13.7. The van der Waals surface area contributed by atoms with Crippen LogP contribution in [0.25, 0.3) is 16.7 Å². The minimum absolute atomic E-state index is 0.255. The maximum absolute atomic E-state index is 12.7. The SMILES string of the molecule is Cc1nc2ccnn2cc1C(=O)Nc1ccc2nc(N3CCOCC3)oc2c1. The van der Waals surface area contributed by atoms with Crippen LogP contribution in [0.4, 0.5) is 11.7 Å². The summed E-state index contributed by atoms with van der Waals surface area (Å²) in [6.07, 6.45) is 3.32. The van der Waals surface area contributed by atoms with E-state index in [1.807, 2.05) is 6.07 Å². The Bertz CT molecular complexity index is 1180. The zero-order valence-corrected chi connectivity index (χ0v) is 15.3. The maximum Gasteiger partial charge on any atom is 0.298 e. The molecule has 0 unspecified atom stereocenters. The second-order valence-electron chi connectivity index (χ2n) is 6.61. The largest absolute Gasteiger partial charge is 0.423 e. The van der Waals surface area contributed by atoms with Gasteiger partial charge in [0, 0.05) is 37.1 Å². The van der Waals surface area contributed by atoms with Gasteiger partial charge in [-0.25, -0.2) is 9.50 Å². The highest BCUT2D eigenvalue weighted by Crippen LogP contribution is 2.25. The summed E-state index contributed by atoms with van der Waals surface area (Å²) in [7, 11) is 0. The molecule has 1 aliphatic heterocycles. The van der Waals surface area contributed by atoms with E-state index in [1.165, 1.54) is 0 Å². The van der Waals surface area contributed by atoms with Gasteiger partial charge in [-0.15, -0.1) is 0 Å². The first-order valence-electron chi connectivity index (χ1n) is 9.03. The summed E-state index contributed by atoms with van der Waals surface area (Å²) in [5, 5.41) is 7.03. The Hall–Kier alpha value is -3.46. The molecule has 1 fully saturated rings. The standard InChI is InChI=1S/C19H18N6O3/c1-12-14(11-25-17(21-12)4-5-20-25)18(26)22-13-2-3-15-16(10-13)28-19(23-15)24-6-8-27-9-7-24/h2-5,10-11H,6-9H2,1H3,(H,22,26). The quantitative estimate of drug-likeness (QED) is 0.584. The van der Waals surface area contributed by atoms with Gasteiger partial charge in [-0.2, -0.15) is 10.1 Å². The molecule has 0 radical (unpaired) electrons. The highest BCUT2D eigenvalue weighted by atomic mass is 16.5. The number of carbonyl (C=O) groups excluding carboxylic acids is 1. The van der Waals surface area contributed by atoms with E-state index in [4.69, 9.17) is 9.15 Å². The predicted octanol–water partition coefficient (Wildman–Crippen LogP) is 2.27. The number of benzene rings is 1. The van der Waals surface area contributed by atoms with Crippen LogP contribution >= 0.6 is 0 Å². The first kappa shape index (κ1) is 16.7. The maximum atomic E-state index is 12.7. The van der Waals surface area contributed by atoms with Gasteiger partial charge in [0.05, 0.1) is 30.7 Å². The molecule has 0 aliphatic carbocycles. The molecule has 1 saturated heterocycles. The molecule has 4 heterocycles. The fourth-order valence-corrected chi connectivity index (χ4v) is 3.24. The van der Waals surface area contributed by atoms with E-state index in [0.29, 0.717) is 47.4 Å². The van der Waals surface area contributed by atoms with Crippen LogP contribution in [0.1, 0.15) is 16.1 Å². The van der Waals surface area contributed by atoms with Crippen LogP contribution in [0, 0.1) is 6.92 Å². The molecule has 0 saturated carbocycles. The number of rotatable bonds is 3. The molecule has 0 bridgehead atoms. The average molecular weight is 378 g/mol. The monoisotopic (exact) mass is 378 g/mol. The summed E-state index contributed by atoms with van der Waals surface area (Å²) < 4.78 is 12.8. The minimum atomic E-state index is -0.255. The van der Waals surface area contributed by atoms with Crippen LogP contribution < -0.4 is 10.2 Å². The lowest BCUT2D eigenvalue weighted by Gasteiger charge is -2.24. The second-order valence-corrected chi connectivity index (χ2v) is 6.61. The molecule has 4 aromatic rings. The first-order valence-corrected chi connectivity index (χ1v) is 9.03. The number of ether oxygens (including phenoxy) is 1. The summed E-state index contributed by atoms with van der Waals surface area (Å²) in [5.74, 6) is -0.255. The van der Waals surface area contributed by atoms with Crippen molar-refractivity contribution in [2.45, 2.75) is 6.92 Å². The average Bonchev–Trinajstić information content (AvgIpc) is 3.33. The molecule has 0 spiro atoms. The van der Waals surface area contributed by atoms with Gasteiger partial charge in [-0.05, 0) is 19.1 Å². The van der Waals surface area contributed by atoms with Crippen molar-refractivity contribution < 1.29 is 13.9 Å². The molecule has 1 aliphatic rings. The molecule has 9 heteroatoms. The van der Waals surface area contributed by atoms with Crippen molar-refractivity contribution in [3.05, 3.63) is 47.9 Å². The van der Waals surface area contributed by atoms with Crippen molar-refractivity contribution in [1.82, 2.24) is 19.6 Å². The second kappa shape index (κ2) is 6.61.